The molecule has 36 heavy (non-hydrogen) atoms. The van der Waals surface area contributed by atoms with Crippen LogP contribution in [-0.2, 0) is 27.2 Å². The summed E-state index contributed by atoms with van der Waals surface area (Å²) in [6.07, 6.45) is 2.02. The van der Waals surface area contributed by atoms with E-state index in [1.54, 1.807) is 12.1 Å². The van der Waals surface area contributed by atoms with Crippen molar-refractivity contribution in [3.8, 4) is 0 Å². The lowest BCUT2D eigenvalue weighted by Gasteiger charge is -2.18. The van der Waals surface area contributed by atoms with E-state index in [1.807, 2.05) is 12.1 Å². The number of nitrogens with zero attached hydrogens (tertiary/aromatic N) is 1. The Hall–Kier alpha value is -4.05. The van der Waals surface area contributed by atoms with E-state index in [0.29, 0.717) is 13.0 Å². The molecule has 2 aromatic carbocycles. The molecule has 0 aliphatic carbocycles. The van der Waals surface area contributed by atoms with Crippen LogP contribution in [0.25, 0.3) is 0 Å². The summed E-state index contributed by atoms with van der Waals surface area (Å²) in [6, 6.07) is 13.2. The molecule has 1 atom stereocenters. The molecule has 0 saturated carbocycles. The van der Waals surface area contributed by atoms with Gasteiger partial charge in [-0.1, -0.05) is 49.7 Å². The summed E-state index contributed by atoms with van der Waals surface area (Å²) in [5, 5.41) is 14.1. The number of fused-ring (bicyclic) bond motifs is 1. The number of hydrogen-bond acceptors (Lipinski definition) is 6. The second-order valence-electron chi connectivity index (χ2n) is 8.52. The fraction of sp³-hybridized carbons (Fsp3) is 0.346. The molecule has 0 saturated heterocycles. The lowest BCUT2D eigenvalue weighted by molar-refractivity contribution is -0.137. The summed E-state index contributed by atoms with van der Waals surface area (Å²) in [7, 11) is 0. The summed E-state index contributed by atoms with van der Waals surface area (Å²) in [5.41, 5.74) is 4.30. The number of carbonyl (C=O) groups excluding carboxylic acids is 5. The second-order valence-corrected chi connectivity index (χ2v) is 8.52. The molecule has 10 nitrogen and oxygen atoms in total. The molecular formula is C26H30N4O6. The predicted molar refractivity (Wildman–Crippen MR) is 130 cm³/mol. The van der Waals surface area contributed by atoms with Crippen molar-refractivity contribution in [1.29, 1.82) is 0 Å². The van der Waals surface area contributed by atoms with Crippen molar-refractivity contribution in [1.82, 2.24) is 21.0 Å². The van der Waals surface area contributed by atoms with Crippen molar-refractivity contribution in [3.63, 3.8) is 0 Å². The minimum Gasteiger partial charge on any atom is -0.356 e. The van der Waals surface area contributed by atoms with Gasteiger partial charge in [0.1, 0.15) is 6.04 Å². The molecule has 1 aliphatic rings. The van der Waals surface area contributed by atoms with Crippen LogP contribution in [0.1, 0.15) is 58.0 Å². The lowest BCUT2D eigenvalue weighted by atomic mass is 10.1. The van der Waals surface area contributed by atoms with E-state index in [2.05, 4.69) is 29.7 Å². The van der Waals surface area contributed by atoms with Gasteiger partial charge < -0.3 is 10.6 Å². The molecule has 3 rings (SSSR count). The fourth-order valence-electron chi connectivity index (χ4n) is 3.97. The van der Waals surface area contributed by atoms with Gasteiger partial charge in [0, 0.05) is 19.5 Å². The topological polar surface area (TPSA) is 145 Å². The second kappa shape index (κ2) is 12.6. The molecule has 0 fully saturated rings. The van der Waals surface area contributed by atoms with Crippen LogP contribution >= 0.6 is 0 Å². The fourth-order valence-corrected chi connectivity index (χ4v) is 3.97. The molecule has 4 N–H and O–H groups in total. The lowest BCUT2D eigenvalue weighted by Crippen LogP contribution is -2.49. The van der Waals surface area contributed by atoms with Gasteiger partial charge in [-0.05, 0) is 36.1 Å². The zero-order valence-corrected chi connectivity index (χ0v) is 20.1. The van der Waals surface area contributed by atoms with Gasteiger partial charge in [-0.25, -0.2) is 5.48 Å². The Morgan fingerprint density at radius 1 is 0.889 bits per heavy atom. The van der Waals surface area contributed by atoms with Crippen LogP contribution in [0.15, 0.2) is 48.5 Å². The molecular weight excluding hydrogens is 464 g/mol. The molecule has 0 unspecified atom stereocenters. The highest BCUT2D eigenvalue weighted by Gasteiger charge is 2.35. The Morgan fingerprint density at radius 2 is 1.47 bits per heavy atom. The SMILES string of the molecule is CCCc1ccc(CCNC(=O)C[C@H](NC(=O)CCN2C(=O)c3ccccc3C2=O)C(=O)NO)cc1. The quantitative estimate of drug-likeness (QED) is 0.199. The first kappa shape index (κ1) is 26.6. The number of amides is 5. The van der Waals surface area contributed by atoms with Gasteiger partial charge in [0.2, 0.25) is 11.8 Å². The highest BCUT2D eigenvalue weighted by molar-refractivity contribution is 6.21. The Labute approximate surface area is 209 Å². The normalized spacial score (nSPS) is 13.2. The summed E-state index contributed by atoms with van der Waals surface area (Å²) in [6.45, 7) is 2.27. The molecule has 10 heteroatoms. The largest absolute Gasteiger partial charge is 0.356 e. The van der Waals surface area contributed by atoms with Crippen LogP contribution in [0.5, 0.6) is 0 Å². The summed E-state index contributed by atoms with van der Waals surface area (Å²) in [5.74, 6) is -3.07. The predicted octanol–water partition coefficient (Wildman–Crippen LogP) is 1.36. The van der Waals surface area contributed by atoms with Gasteiger partial charge in [0.15, 0.2) is 0 Å². The van der Waals surface area contributed by atoms with Crippen molar-refractivity contribution >= 4 is 29.5 Å². The van der Waals surface area contributed by atoms with Crippen LogP contribution in [0.4, 0.5) is 0 Å². The Balaban J connectivity index is 1.46. The number of carbonyl (C=O) groups is 5. The van der Waals surface area contributed by atoms with Crippen molar-refractivity contribution in [2.24, 2.45) is 0 Å². The molecule has 0 spiro atoms. The number of imide groups is 1. The Morgan fingerprint density at radius 3 is 2.03 bits per heavy atom. The first-order valence-corrected chi connectivity index (χ1v) is 11.9. The van der Waals surface area contributed by atoms with Crippen LogP contribution in [-0.4, -0.2) is 58.8 Å². The third kappa shape index (κ3) is 6.76. The van der Waals surface area contributed by atoms with E-state index >= 15 is 0 Å². The van der Waals surface area contributed by atoms with Gasteiger partial charge in [-0.2, -0.15) is 0 Å². The number of nitrogens with one attached hydrogen (secondary N) is 3. The average molecular weight is 495 g/mol. The monoisotopic (exact) mass is 494 g/mol. The average Bonchev–Trinajstić information content (AvgIpc) is 3.12. The Kier molecular flexibility index (Phi) is 9.29. The molecule has 1 aliphatic heterocycles. The zero-order chi connectivity index (χ0) is 26.1. The number of benzene rings is 2. The third-order valence-electron chi connectivity index (χ3n) is 5.89. The minimum atomic E-state index is -1.32. The number of hydroxylamine groups is 1. The number of aryl methyl sites for hydroxylation is 1. The standard InChI is InChI=1S/C26H30N4O6/c1-2-5-17-8-10-18(11-9-17)12-14-27-23(32)16-21(24(33)29-36)28-22(31)13-15-30-25(34)19-6-3-4-7-20(19)26(30)35/h3-4,6-11,21,36H,2,5,12-16H2,1H3,(H,27,32)(H,28,31)(H,29,33)/t21-/m0/s1. The van der Waals surface area contributed by atoms with Crippen LogP contribution < -0.4 is 16.1 Å². The maximum atomic E-state index is 12.4. The maximum absolute atomic E-state index is 12.4. The van der Waals surface area contributed by atoms with Gasteiger partial charge in [0.25, 0.3) is 17.7 Å². The van der Waals surface area contributed by atoms with E-state index in [9.17, 15) is 24.0 Å². The van der Waals surface area contributed by atoms with Crippen LogP contribution in [0.3, 0.4) is 0 Å². The van der Waals surface area contributed by atoms with E-state index < -0.39 is 35.6 Å². The van der Waals surface area contributed by atoms with E-state index in [-0.39, 0.29) is 30.5 Å². The van der Waals surface area contributed by atoms with Gasteiger partial charge >= 0.3 is 0 Å². The molecule has 1 heterocycles. The van der Waals surface area contributed by atoms with E-state index in [0.717, 1.165) is 23.3 Å². The van der Waals surface area contributed by atoms with Crippen molar-refractivity contribution in [2.75, 3.05) is 13.1 Å². The van der Waals surface area contributed by atoms with Gasteiger partial charge in [-0.3, -0.25) is 34.1 Å². The number of hydrogen-bond donors (Lipinski definition) is 4. The summed E-state index contributed by atoms with van der Waals surface area (Å²) in [4.78, 5) is 62.6. The molecule has 2 aromatic rings. The molecule has 5 amide bonds. The summed E-state index contributed by atoms with van der Waals surface area (Å²) < 4.78 is 0. The number of rotatable bonds is 12. The zero-order valence-electron chi connectivity index (χ0n) is 20.1. The molecule has 0 aromatic heterocycles. The van der Waals surface area contributed by atoms with Crippen molar-refractivity contribution in [3.05, 3.63) is 70.8 Å². The molecule has 190 valence electrons. The maximum Gasteiger partial charge on any atom is 0.266 e. The van der Waals surface area contributed by atoms with E-state index in [4.69, 9.17) is 5.21 Å². The summed E-state index contributed by atoms with van der Waals surface area (Å²) >= 11 is 0. The smallest absolute Gasteiger partial charge is 0.266 e. The van der Waals surface area contributed by atoms with Crippen molar-refractivity contribution in [2.45, 2.75) is 45.1 Å². The van der Waals surface area contributed by atoms with Crippen molar-refractivity contribution < 1.29 is 29.2 Å². The molecule has 0 bridgehead atoms. The first-order valence-electron chi connectivity index (χ1n) is 11.9. The Bertz CT molecular complexity index is 1100. The first-order chi connectivity index (χ1) is 17.3. The van der Waals surface area contributed by atoms with Crippen LogP contribution in [0, 0.1) is 0 Å². The van der Waals surface area contributed by atoms with Gasteiger partial charge in [0.05, 0.1) is 17.5 Å². The van der Waals surface area contributed by atoms with Crippen LogP contribution in [0.2, 0.25) is 0 Å². The van der Waals surface area contributed by atoms with Gasteiger partial charge in [-0.15, -0.1) is 0 Å². The molecule has 0 radical (unpaired) electrons. The highest BCUT2D eigenvalue weighted by Crippen LogP contribution is 2.22. The van der Waals surface area contributed by atoms with E-state index in [1.165, 1.54) is 23.2 Å². The highest BCUT2D eigenvalue weighted by atomic mass is 16.5. The third-order valence-corrected chi connectivity index (χ3v) is 5.89. The minimum absolute atomic E-state index is 0.186.